The van der Waals surface area contributed by atoms with Crippen LogP contribution in [0, 0.1) is 17.2 Å². The van der Waals surface area contributed by atoms with E-state index in [9.17, 15) is 16.8 Å². The lowest BCUT2D eigenvalue weighted by Gasteiger charge is -2.10. The van der Waals surface area contributed by atoms with Crippen molar-refractivity contribution in [2.75, 3.05) is 11.3 Å². The Labute approximate surface area is 146 Å². The van der Waals surface area contributed by atoms with Crippen LogP contribution in [0.3, 0.4) is 0 Å². The molecule has 1 heterocycles. The molecule has 0 saturated heterocycles. The van der Waals surface area contributed by atoms with E-state index in [0.29, 0.717) is 5.69 Å². The number of nitrogens with zero attached hydrogens (tertiary/aromatic N) is 2. The summed E-state index contributed by atoms with van der Waals surface area (Å²) in [6.07, 6.45) is 2.89. The summed E-state index contributed by atoms with van der Waals surface area (Å²) < 4.78 is 53.5. The van der Waals surface area contributed by atoms with E-state index in [2.05, 4.69) is 14.4 Å². The molecular formula is C15H16N4O4S2. The molecule has 0 aliphatic carbocycles. The quantitative estimate of drug-likeness (QED) is 0.745. The maximum Gasteiger partial charge on any atom is 0.261 e. The van der Waals surface area contributed by atoms with Crippen molar-refractivity contribution in [3.63, 3.8) is 0 Å². The summed E-state index contributed by atoms with van der Waals surface area (Å²) in [7, 11) is -7.65. The molecular weight excluding hydrogens is 364 g/mol. The Bertz CT molecular complexity index is 966. The Morgan fingerprint density at radius 3 is 2.04 bits per heavy atom. The fourth-order valence-corrected chi connectivity index (χ4v) is 3.98. The fourth-order valence-electron chi connectivity index (χ4n) is 1.80. The number of hydrogen-bond acceptors (Lipinski definition) is 6. The molecule has 0 aliphatic rings. The van der Waals surface area contributed by atoms with E-state index in [0.717, 1.165) is 0 Å². The van der Waals surface area contributed by atoms with Crippen LogP contribution < -0.4 is 9.44 Å². The Hall–Kier alpha value is -2.48. The van der Waals surface area contributed by atoms with Gasteiger partial charge in [-0.05, 0) is 43.3 Å². The molecule has 2 aromatic rings. The molecule has 1 atom stereocenters. The lowest BCUT2D eigenvalue weighted by Crippen LogP contribution is -2.28. The van der Waals surface area contributed by atoms with Gasteiger partial charge >= 0.3 is 0 Å². The summed E-state index contributed by atoms with van der Waals surface area (Å²) in [6.45, 7) is 1.56. The molecule has 0 fully saturated rings. The molecule has 2 rings (SSSR count). The van der Waals surface area contributed by atoms with Gasteiger partial charge < -0.3 is 0 Å². The van der Waals surface area contributed by atoms with Gasteiger partial charge in [0, 0.05) is 18.9 Å². The third-order valence-corrected chi connectivity index (χ3v) is 6.01. The maximum atomic E-state index is 12.3. The topological polar surface area (TPSA) is 129 Å². The number of nitriles is 1. The van der Waals surface area contributed by atoms with Crippen molar-refractivity contribution in [2.45, 2.75) is 16.7 Å². The molecule has 0 amide bonds. The number of benzene rings is 1. The normalized spacial score (nSPS) is 13.0. The van der Waals surface area contributed by atoms with E-state index in [1.54, 1.807) is 6.92 Å². The van der Waals surface area contributed by atoms with Crippen molar-refractivity contribution in [2.24, 2.45) is 5.92 Å². The van der Waals surface area contributed by atoms with E-state index in [1.165, 1.54) is 48.8 Å². The van der Waals surface area contributed by atoms with Gasteiger partial charge in [0.05, 0.1) is 27.5 Å². The van der Waals surface area contributed by atoms with Crippen LogP contribution in [0.25, 0.3) is 0 Å². The maximum absolute atomic E-state index is 12.3. The molecule has 25 heavy (non-hydrogen) atoms. The Morgan fingerprint density at radius 1 is 1.00 bits per heavy atom. The number of aromatic nitrogens is 1. The Kier molecular flexibility index (Phi) is 5.73. The van der Waals surface area contributed by atoms with Gasteiger partial charge in [-0.25, -0.2) is 21.6 Å². The molecule has 0 bridgehead atoms. The van der Waals surface area contributed by atoms with Crippen LogP contribution in [0.1, 0.15) is 6.92 Å². The molecule has 0 saturated carbocycles. The highest BCUT2D eigenvalue weighted by atomic mass is 32.2. The van der Waals surface area contributed by atoms with Crippen LogP contribution in [0.5, 0.6) is 0 Å². The molecule has 8 nitrogen and oxygen atoms in total. The first-order valence-corrected chi connectivity index (χ1v) is 10.1. The highest BCUT2D eigenvalue weighted by Gasteiger charge is 2.18. The van der Waals surface area contributed by atoms with Crippen molar-refractivity contribution in [3.8, 4) is 6.07 Å². The van der Waals surface area contributed by atoms with Crippen molar-refractivity contribution >= 4 is 25.7 Å². The van der Waals surface area contributed by atoms with Gasteiger partial charge in [0.15, 0.2) is 0 Å². The fraction of sp³-hybridized carbons (Fsp3) is 0.200. The zero-order chi connectivity index (χ0) is 18.5. The molecule has 0 unspecified atom stereocenters. The summed E-state index contributed by atoms with van der Waals surface area (Å²) in [5.74, 6) is -0.473. The first-order valence-electron chi connectivity index (χ1n) is 7.17. The lowest BCUT2D eigenvalue weighted by atomic mass is 10.2. The van der Waals surface area contributed by atoms with Crippen molar-refractivity contribution < 1.29 is 16.8 Å². The van der Waals surface area contributed by atoms with Gasteiger partial charge in [-0.15, -0.1) is 0 Å². The average molecular weight is 380 g/mol. The van der Waals surface area contributed by atoms with Crippen LogP contribution in [-0.4, -0.2) is 28.4 Å². The molecule has 10 heteroatoms. The second kappa shape index (κ2) is 7.60. The summed E-state index contributed by atoms with van der Waals surface area (Å²) in [5.41, 5.74) is 0.346. The standard InChI is InChI=1S/C15H16N4O4S2/c1-12(10-16)11-18-24(20,21)14-2-4-15(5-3-14)25(22,23)19-13-6-8-17-9-7-13/h2-9,12,18H,11H2,1H3,(H,17,19)/t12-/m0/s1. The Balaban J connectivity index is 2.17. The predicted molar refractivity (Wildman–Crippen MR) is 91.5 cm³/mol. The number of sulfonamides is 2. The number of hydrogen-bond donors (Lipinski definition) is 2. The zero-order valence-corrected chi connectivity index (χ0v) is 14.9. The van der Waals surface area contributed by atoms with Crippen molar-refractivity contribution in [1.82, 2.24) is 9.71 Å². The molecule has 0 aliphatic heterocycles. The molecule has 1 aromatic heterocycles. The highest BCUT2D eigenvalue weighted by molar-refractivity contribution is 7.92. The van der Waals surface area contributed by atoms with E-state index in [1.807, 2.05) is 6.07 Å². The number of pyridine rings is 1. The minimum absolute atomic E-state index is 0.0253. The summed E-state index contributed by atoms with van der Waals surface area (Å²) in [4.78, 5) is 3.64. The zero-order valence-electron chi connectivity index (χ0n) is 13.2. The van der Waals surface area contributed by atoms with E-state index >= 15 is 0 Å². The molecule has 132 valence electrons. The third kappa shape index (κ3) is 4.99. The summed E-state index contributed by atoms with van der Waals surface area (Å²) in [5, 5.41) is 8.69. The minimum Gasteiger partial charge on any atom is -0.280 e. The SMILES string of the molecule is C[C@@H](C#N)CNS(=O)(=O)c1ccc(S(=O)(=O)Nc2ccncc2)cc1. The van der Waals surface area contributed by atoms with Gasteiger partial charge in [0.25, 0.3) is 10.0 Å². The second-order valence-corrected chi connectivity index (χ2v) is 8.64. The van der Waals surface area contributed by atoms with E-state index < -0.39 is 26.0 Å². The van der Waals surface area contributed by atoms with Crippen molar-refractivity contribution in [1.29, 1.82) is 5.26 Å². The van der Waals surface area contributed by atoms with Crippen LogP contribution in [0.15, 0.2) is 58.6 Å². The van der Waals surface area contributed by atoms with Gasteiger partial charge in [0.1, 0.15) is 0 Å². The average Bonchev–Trinajstić information content (AvgIpc) is 2.60. The largest absolute Gasteiger partial charge is 0.280 e. The monoisotopic (exact) mass is 380 g/mol. The van der Waals surface area contributed by atoms with E-state index in [-0.39, 0.29) is 16.3 Å². The van der Waals surface area contributed by atoms with E-state index in [4.69, 9.17) is 5.26 Å². The Morgan fingerprint density at radius 2 is 1.52 bits per heavy atom. The summed E-state index contributed by atoms with van der Waals surface area (Å²) >= 11 is 0. The van der Waals surface area contributed by atoms with Crippen LogP contribution in [0.2, 0.25) is 0 Å². The molecule has 0 spiro atoms. The van der Waals surface area contributed by atoms with Gasteiger partial charge in [-0.2, -0.15) is 5.26 Å². The number of anilines is 1. The van der Waals surface area contributed by atoms with Crippen LogP contribution >= 0.6 is 0 Å². The van der Waals surface area contributed by atoms with Gasteiger partial charge in [0.2, 0.25) is 10.0 Å². The molecule has 0 radical (unpaired) electrons. The smallest absolute Gasteiger partial charge is 0.261 e. The lowest BCUT2D eigenvalue weighted by molar-refractivity contribution is 0.572. The first-order chi connectivity index (χ1) is 11.7. The number of rotatable bonds is 7. The first kappa shape index (κ1) is 18.9. The van der Waals surface area contributed by atoms with Crippen molar-refractivity contribution in [3.05, 3.63) is 48.8 Å². The molecule has 1 aromatic carbocycles. The predicted octanol–water partition coefficient (Wildman–Crippen LogP) is 1.32. The summed E-state index contributed by atoms with van der Waals surface area (Å²) in [6, 6.07) is 9.71. The van der Waals surface area contributed by atoms with Crippen LogP contribution in [0.4, 0.5) is 5.69 Å². The van der Waals surface area contributed by atoms with Gasteiger partial charge in [-0.1, -0.05) is 0 Å². The molecule has 2 N–H and O–H groups in total. The van der Waals surface area contributed by atoms with Gasteiger partial charge in [-0.3, -0.25) is 9.71 Å². The second-order valence-electron chi connectivity index (χ2n) is 5.19. The third-order valence-electron chi connectivity index (χ3n) is 3.18. The van der Waals surface area contributed by atoms with Crippen LogP contribution in [-0.2, 0) is 20.0 Å². The minimum atomic E-state index is -3.84. The highest BCUT2D eigenvalue weighted by Crippen LogP contribution is 2.18. The number of nitrogens with one attached hydrogen (secondary N) is 2.